The highest BCUT2D eigenvalue weighted by Gasteiger charge is 2.05. The topological polar surface area (TPSA) is 29.5 Å². The van der Waals surface area contributed by atoms with Gasteiger partial charge in [-0.05, 0) is 32.1 Å². The van der Waals surface area contributed by atoms with Crippen molar-refractivity contribution >= 4 is 0 Å². The first-order chi connectivity index (χ1) is 8.20. The third-order valence-electron chi connectivity index (χ3n) is 3.31. The molecule has 0 aliphatic carbocycles. The van der Waals surface area contributed by atoms with Crippen LogP contribution in [0.1, 0.15) is 72.1 Å². The lowest BCUT2D eigenvalue weighted by atomic mass is 10.0. The minimum Gasteiger partial charge on any atom is -0.393 e. The Bertz CT molecular complexity index is 146. The van der Waals surface area contributed by atoms with Crippen LogP contribution in [0, 0.1) is 5.92 Å². The van der Waals surface area contributed by atoms with Crippen LogP contribution in [0.25, 0.3) is 0 Å². The molecule has 2 unspecified atom stereocenters. The van der Waals surface area contributed by atoms with Gasteiger partial charge in [-0.1, -0.05) is 46.0 Å². The van der Waals surface area contributed by atoms with Gasteiger partial charge in [-0.15, -0.1) is 0 Å². The molecule has 0 aromatic heterocycles. The van der Waals surface area contributed by atoms with Crippen LogP contribution in [-0.2, 0) is 4.74 Å². The number of aliphatic hydroxyl groups is 1. The molecule has 0 bridgehead atoms. The lowest BCUT2D eigenvalue weighted by Crippen LogP contribution is -2.09. The third-order valence-corrected chi connectivity index (χ3v) is 3.31. The van der Waals surface area contributed by atoms with Gasteiger partial charge >= 0.3 is 0 Å². The summed E-state index contributed by atoms with van der Waals surface area (Å²) < 4.78 is 5.73. The largest absolute Gasteiger partial charge is 0.393 e. The van der Waals surface area contributed by atoms with Crippen molar-refractivity contribution in [2.24, 2.45) is 5.92 Å². The average molecular weight is 244 g/mol. The molecule has 0 aromatic carbocycles. The lowest BCUT2D eigenvalue weighted by molar-refractivity contribution is 0.0899. The summed E-state index contributed by atoms with van der Waals surface area (Å²) in [6.45, 7) is 8.19. The molecule has 0 aliphatic heterocycles. The van der Waals surface area contributed by atoms with Crippen LogP contribution in [-0.4, -0.2) is 24.4 Å². The van der Waals surface area contributed by atoms with Crippen molar-refractivity contribution in [1.29, 1.82) is 0 Å². The quantitative estimate of drug-likeness (QED) is 0.522. The molecule has 2 atom stereocenters. The summed E-state index contributed by atoms with van der Waals surface area (Å²) in [5.74, 6) is 0.757. The third kappa shape index (κ3) is 12.2. The molecule has 0 rings (SSSR count). The second-order valence-electron chi connectivity index (χ2n) is 5.19. The summed E-state index contributed by atoms with van der Waals surface area (Å²) in [5.41, 5.74) is 0. The van der Waals surface area contributed by atoms with Crippen LogP contribution in [0.2, 0.25) is 0 Å². The van der Waals surface area contributed by atoms with Crippen molar-refractivity contribution < 1.29 is 9.84 Å². The standard InChI is InChI=1S/C15H32O2/c1-4-6-11-15(5-2)13-17-12-9-7-8-10-14(3)16/h14-16H,4-13H2,1-3H3. The van der Waals surface area contributed by atoms with E-state index in [1.165, 1.54) is 32.1 Å². The fraction of sp³-hybridized carbons (Fsp3) is 1.00. The van der Waals surface area contributed by atoms with Gasteiger partial charge in [-0.3, -0.25) is 0 Å². The van der Waals surface area contributed by atoms with Crippen molar-refractivity contribution in [2.45, 2.75) is 78.2 Å². The van der Waals surface area contributed by atoms with Gasteiger partial charge in [-0.25, -0.2) is 0 Å². The maximum atomic E-state index is 9.11. The van der Waals surface area contributed by atoms with Gasteiger partial charge in [-0.2, -0.15) is 0 Å². The van der Waals surface area contributed by atoms with Crippen molar-refractivity contribution in [3.05, 3.63) is 0 Å². The van der Waals surface area contributed by atoms with E-state index in [1.54, 1.807) is 0 Å². The highest BCUT2D eigenvalue weighted by atomic mass is 16.5. The van der Waals surface area contributed by atoms with Crippen molar-refractivity contribution in [3.63, 3.8) is 0 Å². The van der Waals surface area contributed by atoms with Crippen LogP contribution in [0.4, 0.5) is 0 Å². The molecule has 0 aliphatic rings. The molecule has 0 heterocycles. The minimum atomic E-state index is -0.144. The number of aliphatic hydroxyl groups excluding tert-OH is 1. The van der Waals surface area contributed by atoms with Gasteiger partial charge in [0.15, 0.2) is 0 Å². The van der Waals surface area contributed by atoms with E-state index in [0.29, 0.717) is 0 Å². The van der Waals surface area contributed by atoms with Crippen LogP contribution < -0.4 is 0 Å². The Labute approximate surface area is 108 Å². The van der Waals surface area contributed by atoms with E-state index in [0.717, 1.165) is 38.4 Å². The number of hydrogen-bond donors (Lipinski definition) is 1. The molecule has 104 valence electrons. The predicted octanol–water partition coefficient (Wildman–Crippen LogP) is 4.16. The number of unbranched alkanes of at least 4 members (excludes halogenated alkanes) is 3. The Morgan fingerprint density at radius 2 is 1.76 bits per heavy atom. The van der Waals surface area contributed by atoms with Gasteiger partial charge in [0, 0.05) is 13.2 Å². The summed E-state index contributed by atoms with van der Waals surface area (Å²) >= 11 is 0. The van der Waals surface area contributed by atoms with Gasteiger partial charge < -0.3 is 9.84 Å². The fourth-order valence-corrected chi connectivity index (χ4v) is 1.97. The van der Waals surface area contributed by atoms with Crippen LogP contribution >= 0.6 is 0 Å². The molecular weight excluding hydrogens is 212 g/mol. The van der Waals surface area contributed by atoms with E-state index in [-0.39, 0.29) is 6.10 Å². The zero-order valence-corrected chi connectivity index (χ0v) is 12.1. The molecule has 0 spiro atoms. The van der Waals surface area contributed by atoms with Crippen LogP contribution in [0.15, 0.2) is 0 Å². The Hall–Kier alpha value is -0.0800. The lowest BCUT2D eigenvalue weighted by Gasteiger charge is -2.14. The Kier molecular flexibility index (Phi) is 12.3. The molecule has 17 heavy (non-hydrogen) atoms. The van der Waals surface area contributed by atoms with E-state index < -0.39 is 0 Å². The first-order valence-electron chi connectivity index (χ1n) is 7.46. The summed E-state index contributed by atoms with van der Waals surface area (Å²) in [6.07, 6.45) is 9.38. The molecule has 0 fully saturated rings. The summed E-state index contributed by atoms with van der Waals surface area (Å²) in [4.78, 5) is 0. The number of rotatable bonds is 12. The van der Waals surface area contributed by atoms with Crippen LogP contribution in [0.5, 0.6) is 0 Å². The highest BCUT2D eigenvalue weighted by molar-refractivity contribution is 4.56. The van der Waals surface area contributed by atoms with Crippen molar-refractivity contribution in [1.82, 2.24) is 0 Å². The normalized spacial score (nSPS) is 14.8. The average Bonchev–Trinajstić information content (AvgIpc) is 2.31. The number of hydrogen-bond acceptors (Lipinski definition) is 2. The molecule has 2 heteroatoms. The maximum Gasteiger partial charge on any atom is 0.0512 e. The van der Waals surface area contributed by atoms with Crippen molar-refractivity contribution in [3.8, 4) is 0 Å². The Morgan fingerprint density at radius 1 is 1.00 bits per heavy atom. The van der Waals surface area contributed by atoms with Gasteiger partial charge in [0.25, 0.3) is 0 Å². The molecule has 0 amide bonds. The first kappa shape index (κ1) is 16.9. The smallest absolute Gasteiger partial charge is 0.0512 e. The van der Waals surface area contributed by atoms with Gasteiger partial charge in [0.2, 0.25) is 0 Å². The number of ether oxygens (including phenoxy) is 1. The van der Waals surface area contributed by atoms with Crippen molar-refractivity contribution in [2.75, 3.05) is 13.2 Å². The monoisotopic (exact) mass is 244 g/mol. The highest BCUT2D eigenvalue weighted by Crippen LogP contribution is 2.13. The van der Waals surface area contributed by atoms with Crippen LogP contribution in [0.3, 0.4) is 0 Å². The molecule has 0 saturated carbocycles. The SMILES string of the molecule is CCCCC(CC)COCCCCCC(C)O. The molecule has 1 N–H and O–H groups in total. The van der Waals surface area contributed by atoms with Gasteiger partial charge in [0.1, 0.15) is 0 Å². The molecule has 2 nitrogen and oxygen atoms in total. The molecule has 0 saturated heterocycles. The molecular formula is C15H32O2. The predicted molar refractivity (Wildman–Crippen MR) is 74.3 cm³/mol. The Morgan fingerprint density at radius 3 is 2.35 bits per heavy atom. The molecule has 0 aromatic rings. The summed E-state index contributed by atoms with van der Waals surface area (Å²) in [7, 11) is 0. The second kappa shape index (κ2) is 12.4. The van der Waals surface area contributed by atoms with E-state index >= 15 is 0 Å². The zero-order chi connectivity index (χ0) is 12.9. The van der Waals surface area contributed by atoms with Gasteiger partial charge in [0.05, 0.1) is 6.10 Å². The summed E-state index contributed by atoms with van der Waals surface area (Å²) in [5, 5.41) is 9.11. The van der Waals surface area contributed by atoms with E-state index in [9.17, 15) is 0 Å². The minimum absolute atomic E-state index is 0.144. The van der Waals surface area contributed by atoms with E-state index in [4.69, 9.17) is 9.84 Å². The fourth-order valence-electron chi connectivity index (χ4n) is 1.97. The van der Waals surface area contributed by atoms with E-state index in [2.05, 4.69) is 13.8 Å². The maximum absolute atomic E-state index is 9.11. The zero-order valence-electron chi connectivity index (χ0n) is 12.1. The second-order valence-corrected chi connectivity index (χ2v) is 5.19. The van der Waals surface area contributed by atoms with E-state index in [1.807, 2.05) is 6.92 Å². The Balaban J connectivity index is 3.24. The summed E-state index contributed by atoms with van der Waals surface area (Å²) in [6, 6.07) is 0. The molecule has 0 radical (unpaired) electrons. The first-order valence-corrected chi connectivity index (χ1v) is 7.46.